The number of amides is 1. The highest BCUT2D eigenvalue weighted by Gasteiger charge is 2.17. The van der Waals surface area contributed by atoms with Gasteiger partial charge in [0.2, 0.25) is 6.79 Å². The van der Waals surface area contributed by atoms with E-state index in [2.05, 4.69) is 10.0 Å². The molecule has 0 saturated carbocycles. The Hall–Kier alpha value is -3.52. The summed E-state index contributed by atoms with van der Waals surface area (Å²) in [6.45, 7) is 0.456. The van der Waals surface area contributed by atoms with Gasteiger partial charge < -0.3 is 14.8 Å². The number of sulfonamides is 1. The number of rotatable bonds is 6. The van der Waals surface area contributed by atoms with Crippen LogP contribution < -0.4 is 19.5 Å². The second-order valence-electron chi connectivity index (χ2n) is 6.37. The largest absolute Gasteiger partial charge is 0.454 e. The van der Waals surface area contributed by atoms with E-state index in [0.29, 0.717) is 17.2 Å². The Kier molecular flexibility index (Phi) is 5.09. The molecule has 2 N–H and O–H groups in total. The van der Waals surface area contributed by atoms with E-state index in [1.807, 2.05) is 6.07 Å². The van der Waals surface area contributed by atoms with Crippen LogP contribution in [-0.2, 0) is 16.6 Å². The molecule has 0 aliphatic carbocycles. The fourth-order valence-corrected chi connectivity index (χ4v) is 3.96. The SMILES string of the molecule is O=C(NCc1ccc2c(c1)OCO2)c1cccc(S(=O)(=O)Nc2ccccc2)c1. The van der Waals surface area contributed by atoms with Gasteiger partial charge in [-0.2, -0.15) is 0 Å². The van der Waals surface area contributed by atoms with Crippen LogP contribution in [0.3, 0.4) is 0 Å². The van der Waals surface area contributed by atoms with Crippen molar-refractivity contribution in [2.45, 2.75) is 11.4 Å². The zero-order valence-corrected chi connectivity index (χ0v) is 16.1. The quantitative estimate of drug-likeness (QED) is 0.651. The summed E-state index contributed by atoms with van der Waals surface area (Å²) < 4.78 is 38.3. The Labute approximate surface area is 168 Å². The van der Waals surface area contributed by atoms with E-state index in [1.165, 1.54) is 18.2 Å². The van der Waals surface area contributed by atoms with Crippen molar-refractivity contribution in [3.63, 3.8) is 0 Å². The van der Waals surface area contributed by atoms with Crippen LogP contribution in [-0.4, -0.2) is 21.1 Å². The van der Waals surface area contributed by atoms with E-state index in [1.54, 1.807) is 48.5 Å². The van der Waals surface area contributed by atoms with Crippen molar-refractivity contribution in [3.05, 3.63) is 83.9 Å². The van der Waals surface area contributed by atoms with Gasteiger partial charge in [0.15, 0.2) is 11.5 Å². The highest BCUT2D eigenvalue weighted by molar-refractivity contribution is 7.92. The predicted octanol–water partition coefficient (Wildman–Crippen LogP) is 3.15. The minimum atomic E-state index is -3.80. The normalized spacial score (nSPS) is 12.4. The van der Waals surface area contributed by atoms with Gasteiger partial charge in [-0.05, 0) is 48.0 Å². The lowest BCUT2D eigenvalue weighted by molar-refractivity contribution is 0.0950. The lowest BCUT2D eigenvalue weighted by atomic mass is 10.2. The number of benzene rings is 3. The fraction of sp³-hybridized carbons (Fsp3) is 0.0952. The van der Waals surface area contributed by atoms with Gasteiger partial charge in [-0.25, -0.2) is 8.42 Å². The van der Waals surface area contributed by atoms with Crippen molar-refractivity contribution in [1.82, 2.24) is 5.32 Å². The van der Waals surface area contributed by atoms with Crippen molar-refractivity contribution in [2.75, 3.05) is 11.5 Å². The van der Waals surface area contributed by atoms with Crippen LogP contribution in [0.5, 0.6) is 11.5 Å². The first-order valence-corrected chi connectivity index (χ1v) is 10.3. The van der Waals surface area contributed by atoms with E-state index in [9.17, 15) is 13.2 Å². The second kappa shape index (κ2) is 7.84. The lowest BCUT2D eigenvalue weighted by Crippen LogP contribution is -2.23. The van der Waals surface area contributed by atoms with Gasteiger partial charge in [0.05, 0.1) is 4.90 Å². The van der Waals surface area contributed by atoms with Crippen molar-refractivity contribution in [3.8, 4) is 11.5 Å². The Bertz CT molecular complexity index is 1150. The van der Waals surface area contributed by atoms with Gasteiger partial charge in [-0.15, -0.1) is 0 Å². The number of ether oxygens (including phenoxy) is 2. The van der Waals surface area contributed by atoms with Crippen LogP contribution in [0.1, 0.15) is 15.9 Å². The van der Waals surface area contributed by atoms with Crippen molar-refractivity contribution in [1.29, 1.82) is 0 Å². The Balaban J connectivity index is 1.45. The van der Waals surface area contributed by atoms with E-state index in [4.69, 9.17) is 9.47 Å². The molecule has 1 aliphatic rings. The molecule has 29 heavy (non-hydrogen) atoms. The van der Waals surface area contributed by atoms with Crippen LogP contribution in [0.2, 0.25) is 0 Å². The number of para-hydroxylation sites is 1. The second-order valence-corrected chi connectivity index (χ2v) is 8.05. The summed E-state index contributed by atoms with van der Waals surface area (Å²) >= 11 is 0. The van der Waals surface area contributed by atoms with Gasteiger partial charge >= 0.3 is 0 Å². The third kappa shape index (κ3) is 4.33. The van der Waals surface area contributed by atoms with Crippen molar-refractivity contribution >= 4 is 21.6 Å². The Morgan fingerprint density at radius 3 is 2.52 bits per heavy atom. The topological polar surface area (TPSA) is 93.7 Å². The molecular formula is C21H18N2O5S. The number of nitrogens with one attached hydrogen (secondary N) is 2. The van der Waals surface area contributed by atoms with Gasteiger partial charge in [0, 0.05) is 17.8 Å². The molecule has 0 saturated heterocycles. The molecule has 0 fully saturated rings. The van der Waals surface area contributed by atoms with E-state index in [-0.39, 0.29) is 29.7 Å². The first-order valence-electron chi connectivity index (χ1n) is 8.86. The van der Waals surface area contributed by atoms with Crippen LogP contribution >= 0.6 is 0 Å². The Morgan fingerprint density at radius 2 is 1.69 bits per heavy atom. The molecule has 0 atom stereocenters. The smallest absolute Gasteiger partial charge is 0.261 e. The van der Waals surface area contributed by atoms with Crippen LogP contribution in [0.15, 0.2) is 77.7 Å². The summed E-state index contributed by atoms with van der Waals surface area (Å²) in [5, 5.41) is 2.78. The molecular weight excluding hydrogens is 392 g/mol. The summed E-state index contributed by atoms with van der Waals surface area (Å²) in [5.74, 6) is 0.931. The molecule has 3 aromatic carbocycles. The summed E-state index contributed by atoms with van der Waals surface area (Å²) in [6, 6.07) is 19.9. The van der Waals surface area contributed by atoms with E-state index >= 15 is 0 Å². The first-order chi connectivity index (χ1) is 14.0. The lowest BCUT2D eigenvalue weighted by Gasteiger charge is -2.10. The molecule has 1 aliphatic heterocycles. The van der Waals surface area contributed by atoms with Crippen LogP contribution in [0, 0.1) is 0 Å². The molecule has 1 amide bonds. The molecule has 7 nitrogen and oxygen atoms in total. The number of anilines is 1. The fourth-order valence-electron chi connectivity index (χ4n) is 2.86. The standard InChI is InChI=1S/C21H18N2O5S/c24-21(22-13-15-9-10-19-20(11-15)28-14-27-19)16-5-4-8-18(12-16)29(25,26)23-17-6-2-1-3-7-17/h1-12,23H,13-14H2,(H,22,24). The van der Waals surface area contributed by atoms with Crippen LogP contribution in [0.25, 0.3) is 0 Å². The predicted molar refractivity (Wildman–Crippen MR) is 107 cm³/mol. The maximum absolute atomic E-state index is 12.6. The molecule has 0 spiro atoms. The van der Waals surface area contributed by atoms with Crippen molar-refractivity contribution < 1.29 is 22.7 Å². The van der Waals surface area contributed by atoms with E-state index in [0.717, 1.165) is 5.56 Å². The van der Waals surface area contributed by atoms with Gasteiger partial charge in [0.1, 0.15) is 0 Å². The number of hydrogen-bond acceptors (Lipinski definition) is 5. The molecule has 0 unspecified atom stereocenters. The minimum Gasteiger partial charge on any atom is -0.454 e. The summed E-state index contributed by atoms with van der Waals surface area (Å²) in [7, 11) is -3.80. The maximum Gasteiger partial charge on any atom is 0.261 e. The molecule has 1 heterocycles. The third-order valence-corrected chi connectivity index (χ3v) is 5.70. The zero-order valence-electron chi connectivity index (χ0n) is 15.3. The number of carbonyl (C=O) groups is 1. The molecule has 0 bridgehead atoms. The summed E-state index contributed by atoms with van der Waals surface area (Å²) in [4.78, 5) is 12.5. The first kappa shape index (κ1) is 18.8. The average molecular weight is 410 g/mol. The molecule has 8 heteroatoms. The van der Waals surface area contributed by atoms with Gasteiger partial charge in [-0.3, -0.25) is 9.52 Å². The molecule has 0 aromatic heterocycles. The van der Waals surface area contributed by atoms with E-state index < -0.39 is 10.0 Å². The minimum absolute atomic E-state index is 0.0112. The monoisotopic (exact) mass is 410 g/mol. The molecule has 4 rings (SSSR count). The van der Waals surface area contributed by atoms with Crippen LogP contribution in [0.4, 0.5) is 5.69 Å². The molecule has 0 radical (unpaired) electrons. The molecule has 148 valence electrons. The zero-order chi connectivity index (χ0) is 20.3. The highest BCUT2D eigenvalue weighted by atomic mass is 32.2. The molecule has 3 aromatic rings. The third-order valence-electron chi connectivity index (χ3n) is 4.32. The van der Waals surface area contributed by atoms with Gasteiger partial charge in [0.25, 0.3) is 15.9 Å². The van der Waals surface area contributed by atoms with Crippen molar-refractivity contribution in [2.24, 2.45) is 0 Å². The summed E-state index contributed by atoms with van der Waals surface area (Å²) in [5.41, 5.74) is 1.55. The maximum atomic E-state index is 12.6. The average Bonchev–Trinajstić information content (AvgIpc) is 3.20. The number of carbonyl (C=O) groups excluding carboxylic acids is 1. The highest BCUT2D eigenvalue weighted by Crippen LogP contribution is 2.32. The summed E-state index contributed by atoms with van der Waals surface area (Å²) in [6.07, 6.45) is 0. The Morgan fingerprint density at radius 1 is 0.897 bits per heavy atom. The number of fused-ring (bicyclic) bond motifs is 1. The number of hydrogen-bond donors (Lipinski definition) is 2. The van der Waals surface area contributed by atoms with Gasteiger partial charge in [-0.1, -0.05) is 30.3 Å².